The molecule has 2 fully saturated rings. The summed E-state index contributed by atoms with van der Waals surface area (Å²) < 4.78 is 0. The van der Waals surface area contributed by atoms with Crippen molar-refractivity contribution in [3.05, 3.63) is 65.7 Å². The van der Waals surface area contributed by atoms with E-state index in [0.717, 1.165) is 5.56 Å². The lowest BCUT2D eigenvalue weighted by Crippen LogP contribution is -2.48. The van der Waals surface area contributed by atoms with Crippen LogP contribution in [0.5, 0.6) is 0 Å². The molecule has 2 aromatic rings. The lowest BCUT2D eigenvalue weighted by molar-refractivity contribution is -0.135. The van der Waals surface area contributed by atoms with Gasteiger partial charge in [-0.1, -0.05) is 68.7 Å². The van der Waals surface area contributed by atoms with Crippen molar-refractivity contribution in [3.8, 4) is 0 Å². The van der Waals surface area contributed by atoms with Gasteiger partial charge in [0.2, 0.25) is 11.8 Å². The first-order valence-electron chi connectivity index (χ1n) is 11.3. The van der Waals surface area contributed by atoms with Crippen LogP contribution in [-0.4, -0.2) is 23.1 Å². The Morgan fingerprint density at radius 1 is 1.00 bits per heavy atom. The highest BCUT2D eigenvalue weighted by atomic mass is 16.2. The fourth-order valence-electron chi connectivity index (χ4n) is 4.96. The second-order valence-corrected chi connectivity index (χ2v) is 8.83. The van der Waals surface area contributed by atoms with E-state index >= 15 is 0 Å². The Hall–Kier alpha value is -2.95. The molecule has 4 rings (SSSR count). The van der Waals surface area contributed by atoms with E-state index < -0.39 is 23.3 Å². The van der Waals surface area contributed by atoms with Crippen LogP contribution >= 0.6 is 0 Å². The van der Waals surface area contributed by atoms with E-state index in [9.17, 15) is 14.4 Å². The number of carbonyl (C=O) groups is 3. The number of rotatable bonds is 6. The van der Waals surface area contributed by atoms with E-state index in [-0.39, 0.29) is 5.78 Å². The second-order valence-electron chi connectivity index (χ2n) is 8.83. The molecular weight excluding hydrogens is 388 g/mol. The molecule has 1 aliphatic carbocycles. The predicted octanol–water partition coefficient (Wildman–Crippen LogP) is 4.38. The van der Waals surface area contributed by atoms with Crippen LogP contribution in [0.1, 0.15) is 62.5 Å². The largest absolute Gasteiger partial charge is 0.342 e. The molecular formula is C26H30N2O3. The van der Waals surface area contributed by atoms with E-state index in [1.807, 2.05) is 61.5 Å². The van der Waals surface area contributed by atoms with Gasteiger partial charge < -0.3 is 10.6 Å². The number of hydrogen-bond acceptors (Lipinski definition) is 3. The maximum absolute atomic E-state index is 13.2. The third-order valence-corrected chi connectivity index (χ3v) is 6.83. The molecule has 1 saturated heterocycles. The van der Waals surface area contributed by atoms with Gasteiger partial charge in [-0.05, 0) is 48.4 Å². The zero-order valence-corrected chi connectivity index (χ0v) is 18.0. The third-order valence-electron chi connectivity index (χ3n) is 6.83. The number of Topliss-reactive ketones (excluding diaryl/α,β-unsaturated/α-hetero) is 1. The van der Waals surface area contributed by atoms with Crippen molar-refractivity contribution in [2.75, 3.05) is 5.32 Å². The molecule has 162 valence electrons. The minimum Gasteiger partial charge on any atom is -0.342 e. The first-order chi connectivity index (χ1) is 15.0. The lowest BCUT2D eigenvalue weighted by Gasteiger charge is -2.26. The van der Waals surface area contributed by atoms with Gasteiger partial charge >= 0.3 is 0 Å². The summed E-state index contributed by atoms with van der Waals surface area (Å²) in [5, 5.41) is 5.61. The molecule has 5 heteroatoms. The molecule has 1 saturated carbocycles. The highest BCUT2D eigenvalue weighted by molar-refractivity contribution is 6.27. The van der Waals surface area contributed by atoms with E-state index in [2.05, 4.69) is 10.6 Å². The van der Waals surface area contributed by atoms with Gasteiger partial charge in [-0.25, -0.2) is 0 Å². The summed E-state index contributed by atoms with van der Waals surface area (Å²) >= 11 is 0. The SMILES string of the molecule is CCC1(Cc2ccccc2)NC(=O)C(C(=O)Nc2ccc(C3CCCCC3)cc2)C1=O. The Labute approximate surface area is 183 Å². The Morgan fingerprint density at radius 2 is 1.68 bits per heavy atom. The van der Waals surface area contributed by atoms with E-state index in [1.165, 1.54) is 37.7 Å². The van der Waals surface area contributed by atoms with E-state index in [1.54, 1.807) is 0 Å². The van der Waals surface area contributed by atoms with E-state index in [0.29, 0.717) is 24.4 Å². The van der Waals surface area contributed by atoms with E-state index in [4.69, 9.17) is 0 Å². The van der Waals surface area contributed by atoms with Crippen LogP contribution < -0.4 is 10.6 Å². The van der Waals surface area contributed by atoms with Gasteiger partial charge in [0, 0.05) is 12.1 Å². The highest BCUT2D eigenvalue weighted by Gasteiger charge is 2.54. The Morgan fingerprint density at radius 3 is 2.32 bits per heavy atom. The number of anilines is 1. The molecule has 31 heavy (non-hydrogen) atoms. The quantitative estimate of drug-likeness (QED) is 0.684. The highest BCUT2D eigenvalue weighted by Crippen LogP contribution is 2.33. The first kappa shape index (κ1) is 21.3. The number of ketones is 1. The van der Waals surface area contributed by atoms with Gasteiger partial charge in [0.15, 0.2) is 11.7 Å². The van der Waals surface area contributed by atoms with Crippen molar-refractivity contribution in [2.24, 2.45) is 5.92 Å². The van der Waals surface area contributed by atoms with Crippen LogP contribution in [0.3, 0.4) is 0 Å². The standard InChI is InChI=1S/C26H30N2O3/c1-2-26(17-18-9-5-3-6-10-18)23(29)22(25(31)28-26)24(30)27-21-15-13-20(14-16-21)19-11-7-4-8-12-19/h3,5-6,9-10,13-16,19,22H,2,4,7-8,11-12,17H2,1H3,(H,27,30)(H,28,31). The van der Waals surface area contributed by atoms with Crippen molar-refractivity contribution in [2.45, 2.75) is 63.3 Å². The van der Waals surface area contributed by atoms with Gasteiger partial charge in [-0.2, -0.15) is 0 Å². The van der Waals surface area contributed by atoms with Crippen molar-refractivity contribution in [3.63, 3.8) is 0 Å². The molecule has 2 atom stereocenters. The fraction of sp³-hybridized carbons (Fsp3) is 0.423. The molecule has 0 bridgehead atoms. The molecule has 2 unspecified atom stereocenters. The molecule has 2 aliphatic rings. The molecule has 2 amide bonds. The smallest absolute Gasteiger partial charge is 0.244 e. The van der Waals surface area contributed by atoms with Crippen LogP contribution in [0.4, 0.5) is 5.69 Å². The van der Waals surface area contributed by atoms with Crippen LogP contribution in [0.15, 0.2) is 54.6 Å². The average molecular weight is 419 g/mol. The lowest BCUT2D eigenvalue weighted by atomic mass is 9.82. The molecule has 5 nitrogen and oxygen atoms in total. The molecule has 0 spiro atoms. The molecule has 0 aromatic heterocycles. The summed E-state index contributed by atoms with van der Waals surface area (Å²) in [6.45, 7) is 1.87. The van der Waals surface area contributed by atoms with Gasteiger partial charge in [-0.15, -0.1) is 0 Å². The predicted molar refractivity (Wildman–Crippen MR) is 121 cm³/mol. The zero-order chi connectivity index (χ0) is 21.8. The monoisotopic (exact) mass is 418 g/mol. The number of carbonyl (C=O) groups excluding carboxylic acids is 3. The summed E-state index contributed by atoms with van der Waals surface area (Å²) in [4.78, 5) is 38.8. The van der Waals surface area contributed by atoms with Crippen LogP contribution in [-0.2, 0) is 20.8 Å². The number of hydrogen-bond donors (Lipinski definition) is 2. The zero-order valence-electron chi connectivity index (χ0n) is 18.0. The van der Waals surface area contributed by atoms with Crippen molar-refractivity contribution < 1.29 is 14.4 Å². The number of benzene rings is 2. The molecule has 2 aromatic carbocycles. The maximum atomic E-state index is 13.2. The Balaban J connectivity index is 1.45. The molecule has 1 heterocycles. The third kappa shape index (κ3) is 4.41. The molecule has 0 radical (unpaired) electrons. The summed E-state index contributed by atoms with van der Waals surface area (Å²) in [6, 6.07) is 17.4. The minimum absolute atomic E-state index is 0.347. The average Bonchev–Trinajstić information content (AvgIpc) is 3.05. The molecule has 2 N–H and O–H groups in total. The second kappa shape index (κ2) is 9.04. The summed E-state index contributed by atoms with van der Waals surface area (Å²) in [6.07, 6.45) is 7.09. The summed E-state index contributed by atoms with van der Waals surface area (Å²) in [7, 11) is 0. The minimum atomic E-state index is -1.32. The van der Waals surface area contributed by atoms with Crippen LogP contribution in [0.25, 0.3) is 0 Å². The number of nitrogens with one attached hydrogen (secondary N) is 2. The van der Waals surface area contributed by atoms with Crippen LogP contribution in [0, 0.1) is 5.92 Å². The maximum Gasteiger partial charge on any atom is 0.244 e. The summed E-state index contributed by atoms with van der Waals surface area (Å²) in [5.41, 5.74) is 1.82. The van der Waals surface area contributed by atoms with Gasteiger partial charge in [0.1, 0.15) is 5.54 Å². The van der Waals surface area contributed by atoms with Gasteiger partial charge in [0.05, 0.1) is 0 Å². The normalized spacial score (nSPS) is 24.1. The van der Waals surface area contributed by atoms with Crippen molar-refractivity contribution in [1.82, 2.24) is 5.32 Å². The van der Waals surface area contributed by atoms with Crippen LogP contribution in [0.2, 0.25) is 0 Å². The van der Waals surface area contributed by atoms with Gasteiger partial charge in [-0.3, -0.25) is 14.4 Å². The molecule has 1 aliphatic heterocycles. The first-order valence-corrected chi connectivity index (χ1v) is 11.3. The van der Waals surface area contributed by atoms with Crippen molar-refractivity contribution >= 4 is 23.3 Å². The van der Waals surface area contributed by atoms with Crippen molar-refractivity contribution in [1.29, 1.82) is 0 Å². The summed E-state index contributed by atoms with van der Waals surface area (Å²) in [5.74, 6) is -2.15. The fourth-order valence-corrected chi connectivity index (χ4v) is 4.96. The Kier molecular flexibility index (Phi) is 6.21. The van der Waals surface area contributed by atoms with Gasteiger partial charge in [0.25, 0.3) is 0 Å². The Bertz CT molecular complexity index is 948. The number of amides is 2. The topological polar surface area (TPSA) is 75.3 Å².